The Labute approximate surface area is 225 Å². The van der Waals surface area contributed by atoms with E-state index in [1.54, 1.807) is 12.5 Å². The lowest BCUT2D eigenvalue weighted by Gasteiger charge is -2.29. The summed E-state index contributed by atoms with van der Waals surface area (Å²) in [6.07, 6.45) is 9.29. The van der Waals surface area contributed by atoms with E-state index in [1.165, 1.54) is 0 Å². The lowest BCUT2D eigenvalue weighted by atomic mass is 10.0. The monoisotopic (exact) mass is 522 g/mol. The van der Waals surface area contributed by atoms with Crippen LogP contribution in [-0.2, 0) is 13.1 Å². The van der Waals surface area contributed by atoms with Gasteiger partial charge in [-0.1, -0.05) is 6.07 Å². The molecule has 1 amide bonds. The number of H-pyrrole nitrogens is 1. The normalized spacial score (nSPS) is 16.6. The summed E-state index contributed by atoms with van der Waals surface area (Å²) in [5.41, 5.74) is 5.06. The fourth-order valence-electron chi connectivity index (χ4n) is 5.66. The Morgan fingerprint density at radius 3 is 2.79 bits per heavy atom. The zero-order valence-corrected chi connectivity index (χ0v) is 22.1. The van der Waals surface area contributed by atoms with Crippen LogP contribution in [-0.4, -0.2) is 78.0 Å². The maximum atomic E-state index is 13.5. The summed E-state index contributed by atoms with van der Waals surface area (Å²) in [6, 6.07) is 8.04. The number of nitrogens with zero attached hydrogens (tertiary/aromatic N) is 7. The number of hydrogen-bond acceptors (Lipinski definition) is 7. The van der Waals surface area contributed by atoms with Crippen molar-refractivity contribution in [2.24, 2.45) is 0 Å². The van der Waals surface area contributed by atoms with Crippen LogP contribution in [0.2, 0.25) is 0 Å². The molecule has 1 aromatic carbocycles. The SMILES string of the molecule is Cc1cn2c(n1)CN(C(=O)c1cnc3[nH]cc(-c4ccc5ncnc(OC6CCN(C)CC6)c5c4)c3c1)CC2. The molecule has 7 rings (SSSR count). The van der Waals surface area contributed by atoms with Crippen molar-refractivity contribution in [1.82, 2.24) is 39.3 Å². The first-order valence-corrected chi connectivity index (χ1v) is 13.4. The molecule has 0 atom stereocenters. The van der Waals surface area contributed by atoms with Gasteiger partial charge in [-0.2, -0.15) is 0 Å². The van der Waals surface area contributed by atoms with Gasteiger partial charge in [0.2, 0.25) is 5.88 Å². The third-order valence-electron chi connectivity index (χ3n) is 7.84. The number of benzene rings is 1. The van der Waals surface area contributed by atoms with Crippen LogP contribution in [0.4, 0.5) is 0 Å². The summed E-state index contributed by atoms with van der Waals surface area (Å²) >= 11 is 0. The number of aromatic nitrogens is 6. The zero-order valence-electron chi connectivity index (χ0n) is 22.1. The summed E-state index contributed by atoms with van der Waals surface area (Å²) < 4.78 is 8.49. The van der Waals surface area contributed by atoms with Gasteiger partial charge in [0.15, 0.2) is 0 Å². The second-order valence-electron chi connectivity index (χ2n) is 10.6. The number of piperidine rings is 1. The fraction of sp³-hybridized carbons (Fsp3) is 0.345. The molecule has 5 aromatic rings. The predicted octanol–water partition coefficient (Wildman–Crippen LogP) is 3.81. The molecule has 2 aliphatic heterocycles. The Kier molecular flexibility index (Phi) is 5.77. The first-order chi connectivity index (χ1) is 19.0. The number of fused-ring (bicyclic) bond motifs is 3. The van der Waals surface area contributed by atoms with Crippen LogP contribution in [0.25, 0.3) is 33.1 Å². The number of pyridine rings is 1. The molecule has 10 nitrogen and oxygen atoms in total. The molecule has 0 aliphatic carbocycles. The number of rotatable bonds is 4. The van der Waals surface area contributed by atoms with E-state index >= 15 is 0 Å². The summed E-state index contributed by atoms with van der Waals surface area (Å²) in [7, 11) is 2.14. The lowest BCUT2D eigenvalue weighted by molar-refractivity contribution is 0.0707. The van der Waals surface area contributed by atoms with Gasteiger partial charge in [0.1, 0.15) is 23.9 Å². The van der Waals surface area contributed by atoms with Crippen molar-refractivity contribution in [2.75, 3.05) is 26.7 Å². The molecule has 2 aliphatic rings. The number of hydrogen-bond donors (Lipinski definition) is 1. The predicted molar refractivity (Wildman–Crippen MR) is 147 cm³/mol. The molecule has 0 spiro atoms. The average Bonchev–Trinajstić information content (AvgIpc) is 3.55. The van der Waals surface area contributed by atoms with E-state index in [2.05, 4.69) is 47.5 Å². The van der Waals surface area contributed by atoms with Gasteiger partial charge in [0, 0.05) is 55.7 Å². The third kappa shape index (κ3) is 4.40. The number of carbonyl (C=O) groups is 1. The number of aromatic amines is 1. The lowest BCUT2D eigenvalue weighted by Crippen LogP contribution is -2.38. The van der Waals surface area contributed by atoms with E-state index in [9.17, 15) is 4.79 Å². The highest BCUT2D eigenvalue weighted by atomic mass is 16.5. The Hall–Kier alpha value is -4.31. The molecule has 1 fully saturated rings. The molecule has 0 radical (unpaired) electrons. The zero-order chi connectivity index (χ0) is 26.5. The number of nitrogens with one attached hydrogen (secondary N) is 1. The molecule has 0 bridgehead atoms. The van der Waals surface area contributed by atoms with Crippen LogP contribution in [0.3, 0.4) is 0 Å². The fourth-order valence-corrected chi connectivity index (χ4v) is 5.66. The molecule has 1 saturated heterocycles. The molecule has 10 heteroatoms. The molecule has 6 heterocycles. The van der Waals surface area contributed by atoms with Gasteiger partial charge in [-0.3, -0.25) is 4.79 Å². The van der Waals surface area contributed by atoms with E-state index in [0.29, 0.717) is 24.5 Å². The van der Waals surface area contributed by atoms with Gasteiger partial charge in [0.25, 0.3) is 5.91 Å². The van der Waals surface area contributed by atoms with Gasteiger partial charge < -0.3 is 24.1 Å². The van der Waals surface area contributed by atoms with Gasteiger partial charge >= 0.3 is 0 Å². The Balaban J connectivity index is 1.20. The smallest absolute Gasteiger partial charge is 0.255 e. The Bertz CT molecular complexity index is 1700. The largest absolute Gasteiger partial charge is 0.474 e. The number of imidazole rings is 1. The van der Waals surface area contributed by atoms with Crippen molar-refractivity contribution in [3.05, 3.63) is 66.3 Å². The van der Waals surface area contributed by atoms with Crippen molar-refractivity contribution in [2.45, 2.75) is 39.0 Å². The molecule has 0 saturated carbocycles. The first-order valence-electron chi connectivity index (χ1n) is 13.4. The first kappa shape index (κ1) is 23.8. The van der Waals surface area contributed by atoms with Crippen molar-refractivity contribution in [3.8, 4) is 17.0 Å². The van der Waals surface area contributed by atoms with E-state index in [1.807, 2.05) is 42.4 Å². The van der Waals surface area contributed by atoms with Crippen molar-refractivity contribution < 1.29 is 9.53 Å². The van der Waals surface area contributed by atoms with E-state index < -0.39 is 0 Å². The standard InChI is InChI=1S/C29H30N8O2/c1-18-15-36-9-10-37(16-26(36)34-18)29(38)20-12-22-24(14-31-27(22)30-13-20)19-3-4-25-23(11-19)28(33-17-32-25)39-21-5-7-35(2)8-6-21/h3-4,11-15,17,21H,5-10,16H2,1-2H3,(H,30,31). The number of likely N-dealkylation sites (tertiary alicyclic amines) is 1. The number of amides is 1. The third-order valence-corrected chi connectivity index (χ3v) is 7.84. The minimum absolute atomic E-state index is 0.0378. The van der Waals surface area contributed by atoms with Crippen LogP contribution in [0.5, 0.6) is 5.88 Å². The topological polar surface area (TPSA) is 105 Å². The van der Waals surface area contributed by atoms with E-state index in [-0.39, 0.29) is 12.0 Å². The number of carbonyl (C=O) groups excluding carboxylic acids is 1. The van der Waals surface area contributed by atoms with Gasteiger partial charge in [-0.25, -0.2) is 19.9 Å². The molecule has 0 unspecified atom stereocenters. The van der Waals surface area contributed by atoms with Crippen molar-refractivity contribution in [3.63, 3.8) is 0 Å². The van der Waals surface area contributed by atoms with Crippen LogP contribution in [0.15, 0.2) is 49.2 Å². The van der Waals surface area contributed by atoms with Crippen LogP contribution >= 0.6 is 0 Å². The summed E-state index contributed by atoms with van der Waals surface area (Å²) in [6.45, 7) is 5.89. The quantitative estimate of drug-likeness (QED) is 0.383. The van der Waals surface area contributed by atoms with Crippen LogP contribution < -0.4 is 4.74 Å². The van der Waals surface area contributed by atoms with E-state index in [0.717, 1.165) is 77.1 Å². The molecular weight excluding hydrogens is 492 g/mol. The summed E-state index contributed by atoms with van der Waals surface area (Å²) in [4.78, 5) is 39.0. The number of ether oxygens (including phenoxy) is 1. The van der Waals surface area contributed by atoms with Gasteiger partial charge in [-0.05, 0) is 50.6 Å². The van der Waals surface area contributed by atoms with Gasteiger partial charge in [0.05, 0.1) is 28.7 Å². The highest BCUT2D eigenvalue weighted by Gasteiger charge is 2.24. The molecular formula is C29H30N8O2. The maximum absolute atomic E-state index is 13.5. The van der Waals surface area contributed by atoms with E-state index in [4.69, 9.17) is 4.74 Å². The van der Waals surface area contributed by atoms with Crippen LogP contribution in [0.1, 0.15) is 34.7 Å². The second kappa shape index (κ2) is 9.46. The molecule has 1 N–H and O–H groups in total. The van der Waals surface area contributed by atoms with Crippen LogP contribution in [0, 0.1) is 6.92 Å². The molecule has 4 aromatic heterocycles. The second-order valence-corrected chi connectivity index (χ2v) is 10.6. The minimum atomic E-state index is -0.0378. The van der Waals surface area contributed by atoms with Crippen molar-refractivity contribution >= 4 is 27.8 Å². The minimum Gasteiger partial charge on any atom is -0.474 e. The number of aryl methyl sites for hydroxylation is 1. The molecule has 39 heavy (non-hydrogen) atoms. The highest BCUT2D eigenvalue weighted by molar-refractivity contribution is 6.02. The average molecular weight is 523 g/mol. The molecule has 198 valence electrons. The highest BCUT2D eigenvalue weighted by Crippen LogP contribution is 2.33. The van der Waals surface area contributed by atoms with Crippen molar-refractivity contribution in [1.29, 1.82) is 0 Å². The summed E-state index contributed by atoms with van der Waals surface area (Å²) in [5.74, 6) is 1.49. The summed E-state index contributed by atoms with van der Waals surface area (Å²) in [5, 5.41) is 1.77. The Morgan fingerprint density at radius 1 is 1.05 bits per heavy atom. The van der Waals surface area contributed by atoms with Gasteiger partial charge in [-0.15, -0.1) is 0 Å². The maximum Gasteiger partial charge on any atom is 0.255 e. The Morgan fingerprint density at radius 2 is 1.92 bits per heavy atom.